The van der Waals surface area contributed by atoms with Crippen LogP contribution < -0.4 is 10.1 Å². The van der Waals surface area contributed by atoms with Crippen LogP contribution in [0.2, 0.25) is 0 Å². The first-order valence-electron chi connectivity index (χ1n) is 8.48. The molecule has 0 radical (unpaired) electrons. The van der Waals surface area contributed by atoms with Crippen LogP contribution in [0.4, 0.5) is 5.95 Å². The van der Waals surface area contributed by atoms with E-state index >= 15 is 0 Å². The number of ether oxygens (including phenoxy) is 1. The zero-order valence-corrected chi connectivity index (χ0v) is 14.6. The lowest BCUT2D eigenvalue weighted by molar-refractivity contribution is 0.401. The maximum atomic E-state index is 5.50. The van der Waals surface area contributed by atoms with E-state index in [2.05, 4.69) is 26.1 Å². The number of anilines is 1. The Morgan fingerprint density at radius 3 is 2.62 bits per heavy atom. The van der Waals surface area contributed by atoms with Crippen LogP contribution in [0.15, 0.2) is 18.2 Å². The first-order valence-corrected chi connectivity index (χ1v) is 8.48. The average molecular weight is 325 g/mol. The van der Waals surface area contributed by atoms with Crippen LogP contribution in [0.3, 0.4) is 0 Å². The molecule has 0 bridgehead atoms. The monoisotopic (exact) mass is 325 g/mol. The van der Waals surface area contributed by atoms with Crippen molar-refractivity contribution < 1.29 is 4.74 Å². The molecule has 0 saturated heterocycles. The Hall–Kier alpha value is -2.37. The van der Waals surface area contributed by atoms with Gasteiger partial charge in [0.25, 0.3) is 0 Å². The molecular formula is C18H23N5O. The molecule has 1 aliphatic carbocycles. The van der Waals surface area contributed by atoms with E-state index in [1.165, 1.54) is 19.3 Å². The van der Waals surface area contributed by atoms with E-state index in [1.54, 1.807) is 7.11 Å². The fourth-order valence-electron chi connectivity index (χ4n) is 3.04. The Balaban J connectivity index is 2.00. The summed E-state index contributed by atoms with van der Waals surface area (Å²) in [4.78, 5) is 9.65. The molecule has 6 heteroatoms. The molecule has 1 aromatic carbocycles. The van der Waals surface area contributed by atoms with Crippen molar-refractivity contribution in [3.8, 4) is 5.75 Å². The molecule has 0 atom stereocenters. The number of nitrogens with zero attached hydrogens (tertiary/aromatic N) is 4. The van der Waals surface area contributed by atoms with Crippen molar-refractivity contribution in [1.82, 2.24) is 19.6 Å². The first kappa shape index (κ1) is 15.2. The van der Waals surface area contributed by atoms with E-state index in [4.69, 9.17) is 19.8 Å². The number of nitrogens with one attached hydrogen (secondary N) is 1. The summed E-state index contributed by atoms with van der Waals surface area (Å²) in [6.07, 6.45) is 3.61. The second-order valence-electron chi connectivity index (χ2n) is 7.50. The molecule has 2 aromatic heterocycles. The van der Waals surface area contributed by atoms with E-state index < -0.39 is 0 Å². The van der Waals surface area contributed by atoms with Crippen molar-refractivity contribution in [2.75, 3.05) is 12.4 Å². The number of hydrogen-bond acceptors (Lipinski definition) is 5. The SMILES string of the molecule is COc1cccc2c1nc(NC(C)(C)C)n1nc(C3CCC3)nc21. The molecule has 126 valence electrons. The van der Waals surface area contributed by atoms with Gasteiger partial charge >= 0.3 is 0 Å². The molecule has 0 spiro atoms. The largest absolute Gasteiger partial charge is 0.494 e. The highest BCUT2D eigenvalue weighted by atomic mass is 16.5. The van der Waals surface area contributed by atoms with Crippen LogP contribution in [0, 0.1) is 0 Å². The summed E-state index contributed by atoms with van der Waals surface area (Å²) in [5.41, 5.74) is 1.53. The molecule has 0 unspecified atom stereocenters. The summed E-state index contributed by atoms with van der Waals surface area (Å²) in [5, 5.41) is 9.18. The van der Waals surface area contributed by atoms with Crippen molar-refractivity contribution in [3.63, 3.8) is 0 Å². The van der Waals surface area contributed by atoms with E-state index in [9.17, 15) is 0 Å². The number of hydrogen-bond donors (Lipinski definition) is 1. The summed E-state index contributed by atoms with van der Waals surface area (Å²) in [7, 11) is 1.67. The topological polar surface area (TPSA) is 64.3 Å². The molecule has 24 heavy (non-hydrogen) atoms. The lowest BCUT2D eigenvalue weighted by Gasteiger charge is -2.22. The number of rotatable bonds is 3. The Kier molecular flexibility index (Phi) is 3.37. The average Bonchev–Trinajstić information content (AvgIpc) is 2.88. The zero-order valence-electron chi connectivity index (χ0n) is 14.6. The van der Waals surface area contributed by atoms with Gasteiger partial charge in [-0.2, -0.15) is 4.52 Å². The minimum atomic E-state index is -0.127. The van der Waals surface area contributed by atoms with E-state index in [-0.39, 0.29) is 5.54 Å². The fourth-order valence-corrected chi connectivity index (χ4v) is 3.04. The molecule has 4 rings (SSSR count). The van der Waals surface area contributed by atoms with Crippen molar-refractivity contribution in [3.05, 3.63) is 24.0 Å². The van der Waals surface area contributed by atoms with E-state index in [0.717, 1.165) is 28.1 Å². The third kappa shape index (κ3) is 2.46. The van der Waals surface area contributed by atoms with Gasteiger partial charge in [-0.1, -0.05) is 12.5 Å². The summed E-state index contributed by atoms with van der Waals surface area (Å²) < 4.78 is 7.35. The number of benzene rings is 1. The Bertz CT molecular complexity index is 905. The lowest BCUT2D eigenvalue weighted by Crippen LogP contribution is -2.28. The van der Waals surface area contributed by atoms with Crippen LogP contribution in [-0.2, 0) is 0 Å². The van der Waals surface area contributed by atoms with Gasteiger partial charge in [-0.25, -0.2) is 9.97 Å². The molecule has 3 aromatic rings. The lowest BCUT2D eigenvalue weighted by atomic mass is 9.85. The molecule has 6 nitrogen and oxygen atoms in total. The summed E-state index contributed by atoms with van der Waals surface area (Å²) in [6, 6.07) is 5.92. The Morgan fingerprint density at radius 1 is 1.21 bits per heavy atom. The maximum absolute atomic E-state index is 5.50. The maximum Gasteiger partial charge on any atom is 0.227 e. The third-order valence-electron chi connectivity index (χ3n) is 4.46. The van der Waals surface area contributed by atoms with E-state index in [1.807, 2.05) is 22.7 Å². The second kappa shape index (κ2) is 5.33. The van der Waals surface area contributed by atoms with Gasteiger partial charge in [0.1, 0.15) is 11.3 Å². The highest BCUT2D eigenvalue weighted by Crippen LogP contribution is 2.36. The summed E-state index contributed by atoms with van der Waals surface area (Å²) in [6.45, 7) is 6.32. The van der Waals surface area contributed by atoms with Gasteiger partial charge < -0.3 is 10.1 Å². The van der Waals surface area contributed by atoms with Crippen molar-refractivity contribution in [1.29, 1.82) is 0 Å². The van der Waals surface area contributed by atoms with Crippen LogP contribution in [-0.4, -0.2) is 32.2 Å². The molecule has 1 N–H and O–H groups in total. The smallest absolute Gasteiger partial charge is 0.227 e. The standard InChI is InChI=1S/C18H23N5O/c1-18(2,3)21-17-19-14-12(9-6-10-13(14)24-4)16-20-15(22-23(16)17)11-7-5-8-11/h6,9-11H,5,7-8H2,1-4H3,(H,19,21). The predicted octanol–water partition coefficient (Wildman–Crippen LogP) is 3.76. The molecule has 0 aliphatic heterocycles. The Labute approximate surface area is 141 Å². The van der Waals surface area contributed by atoms with Crippen LogP contribution in [0.5, 0.6) is 5.75 Å². The molecule has 0 amide bonds. The van der Waals surface area contributed by atoms with E-state index in [0.29, 0.717) is 11.9 Å². The quantitative estimate of drug-likeness (QED) is 0.794. The normalized spacial score (nSPS) is 15.7. The van der Waals surface area contributed by atoms with Gasteiger partial charge in [0.05, 0.1) is 7.11 Å². The van der Waals surface area contributed by atoms with Crippen molar-refractivity contribution in [2.45, 2.75) is 51.5 Å². The molecule has 2 heterocycles. The second-order valence-corrected chi connectivity index (χ2v) is 7.50. The van der Waals surface area contributed by atoms with Gasteiger partial charge in [0, 0.05) is 16.8 Å². The molecule has 1 saturated carbocycles. The minimum Gasteiger partial charge on any atom is -0.494 e. The fraction of sp³-hybridized carbons (Fsp3) is 0.500. The van der Waals surface area contributed by atoms with Crippen LogP contribution in [0.1, 0.15) is 51.8 Å². The zero-order chi connectivity index (χ0) is 16.9. The number of fused-ring (bicyclic) bond motifs is 3. The number of methoxy groups -OCH3 is 1. The highest BCUT2D eigenvalue weighted by Gasteiger charge is 2.26. The predicted molar refractivity (Wildman–Crippen MR) is 94.8 cm³/mol. The van der Waals surface area contributed by atoms with Gasteiger partial charge in [0.15, 0.2) is 11.5 Å². The highest BCUT2D eigenvalue weighted by molar-refractivity contribution is 5.96. The summed E-state index contributed by atoms with van der Waals surface area (Å²) >= 11 is 0. The molecular weight excluding hydrogens is 302 g/mol. The minimum absolute atomic E-state index is 0.127. The van der Waals surface area contributed by atoms with Gasteiger partial charge in [-0.15, -0.1) is 5.10 Å². The van der Waals surface area contributed by atoms with Gasteiger partial charge in [0.2, 0.25) is 5.95 Å². The first-order chi connectivity index (χ1) is 11.5. The molecule has 1 fully saturated rings. The van der Waals surface area contributed by atoms with Crippen molar-refractivity contribution >= 4 is 22.5 Å². The van der Waals surface area contributed by atoms with Crippen LogP contribution >= 0.6 is 0 Å². The molecule has 1 aliphatic rings. The third-order valence-corrected chi connectivity index (χ3v) is 4.46. The van der Waals surface area contributed by atoms with Gasteiger partial charge in [-0.05, 0) is 45.7 Å². The number of para-hydroxylation sites is 1. The summed E-state index contributed by atoms with van der Waals surface area (Å²) in [5.74, 6) is 2.86. The van der Waals surface area contributed by atoms with Crippen molar-refractivity contribution in [2.24, 2.45) is 0 Å². The Morgan fingerprint density at radius 2 is 2.00 bits per heavy atom. The number of aromatic nitrogens is 4. The van der Waals surface area contributed by atoms with Crippen LogP contribution in [0.25, 0.3) is 16.6 Å². The van der Waals surface area contributed by atoms with Gasteiger partial charge in [-0.3, -0.25) is 0 Å².